The summed E-state index contributed by atoms with van der Waals surface area (Å²) in [4.78, 5) is 25.5. The fraction of sp³-hybridized carbons (Fsp3) is 0.261. The summed E-state index contributed by atoms with van der Waals surface area (Å²) in [5.74, 6) is 1.18. The Hall–Kier alpha value is -3.70. The van der Waals surface area contributed by atoms with Crippen molar-refractivity contribution in [2.45, 2.75) is 13.5 Å². The number of pyridine rings is 1. The van der Waals surface area contributed by atoms with Gasteiger partial charge in [-0.05, 0) is 36.8 Å². The van der Waals surface area contributed by atoms with E-state index in [0.29, 0.717) is 49.0 Å². The monoisotopic (exact) mass is 479 g/mol. The molecule has 10 nitrogen and oxygen atoms in total. The zero-order valence-corrected chi connectivity index (χ0v) is 19.8. The maximum Gasteiger partial charge on any atom is 0.332 e. The number of urea groups is 1. The topological polar surface area (TPSA) is 107 Å². The molecule has 1 aromatic carbocycles. The molecular weight excluding hydrogens is 454 g/mol. The van der Waals surface area contributed by atoms with E-state index in [9.17, 15) is 4.79 Å². The molecule has 0 unspecified atom stereocenters. The third kappa shape index (κ3) is 5.80. The van der Waals surface area contributed by atoms with E-state index in [1.165, 1.54) is 4.31 Å². The molecule has 0 aliphatic heterocycles. The smallest absolute Gasteiger partial charge is 0.332 e. The predicted molar refractivity (Wildman–Crippen MR) is 132 cm³/mol. The van der Waals surface area contributed by atoms with Gasteiger partial charge >= 0.3 is 6.03 Å². The molecule has 34 heavy (non-hydrogen) atoms. The van der Waals surface area contributed by atoms with Gasteiger partial charge < -0.3 is 9.47 Å². The van der Waals surface area contributed by atoms with Crippen LogP contribution in [0.2, 0.25) is 0 Å². The minimum Gasteiger partial charge on any atom is -0.491 e. The number of fused-ring (bicyclic) bond motifs is 1. The molecule has 0 aliphatic carbocycles. The molecule has 0 fully saturated rings. The fourth-order valence-electron chi connectivity index (χ4n) is 3.13. The van der Waals surface area contributed by atoms with Gasteiger partial charge in [0.2, 0.25) is 0 Å². The normalized spacial score (nSPS) is 10.9. The zero-order valence-electron chi connectivity index (χ0n) is 18.9. The number of rotatable bonds is 9. The highest BCUT2D eigenvalue weighted by Crippen LogP contribution is 2.20. The molecule has 4 aromatic rings. The van der Waals surface area contributed by atoms with E-state index in [0.717, 1.165) is 16.9 Å². The number of nitrogens with zero attached hydrogens (tertiary/aromatic N) is 6. The number of hydrogen-bond acceptors (Lipinski definition) is 8. The van der Waals surface area contributed by atoms with E-state index >= 15 is 0 Å². The summed E-state index contributed by atoms with van der Waals surface area (Å²) in [6.45, 7) is 3.95. The van der Waals surface area contributed by atoms with Crippen molar-refractivity contribution < 1.29 is 14.3 Å². The van der Waals surface area contributed by atoms with Gasteiger partial charge in [0.15, 0.2) is 5.65 Å². The Morgan fingerprint density at radius 3 is 2.71 bits per heavy atom. The van der Waals surface area contributed by atoms with Gasteiger partial charge in [0.25, 0.3) is 0 Å². The van der Waals surface area contributed by atoms with Gasteiger partial charge in [-0.1, -0.05) is 24.9 Å². The number of carbonyl (C=O) groups excluding carboxylic acids is 1. The van der Waals surface area contributed by atoms with Crippen molar-refractivity contribution in [3.8, 4) is 17.0 Å². The fourth-order valence-corrected chi connectivity index (χ4v) is 3.18. The Morgan fingerprint density at radius 1 is 1.12 bits per heavy atom. The number of ether oxygens (including phenoxy) is 2. The van der Waals surface area contributed by atoms with Crippen LogP contribution < -0.4 is 10.1 Å². The predicted octanol–water partition coefficient (Wildman–Crippen LogP) is 3.66. The molecule has 3 aromatic heterocycles. The first kappa shape index (κ1) is 23.5. The average Bonchev–Trinajstić information content (AvgIpc) is 3.32. The van der Waals surface area contributed by atoms with Crippen LogP contribution in [0.4, 0.5) is 10.6 Å². The van der Waals surface area contributed by atoms with Gasteiger partial charge in [-0.15, -0.1) is 0 Å². The van der Waals surface area contributed by atoms with Crippen LogP contribution in [0.5, 0.6) is 5.75 Å². The first-order valence-electron chi connectivity index (χ1n) is 10.7. The summed E-state index contributed by atoms with van der Waals surface area (Å²) in [7, 11) is 1.65. The van der Waals surface area contributed by atoms with Crippen LogP contribution in [-0.4, -0.2) is 61.9 Å². The highest BCUT2D eigenvalue weighted by molar-refractivity contribution is 7.78. The van der Waals surface area contributed by atoms with Crippen LogP contribution >= 0.6 is 12.8 Å². The number of carbonyl (C=O) groups is 1. The molecule has 2 amide bonds. The van der Waals surface area contributed by atoms with E-state index in [1.54, 1.807) is 31.6 Å². The molecule has 4 rings (SSSR count). The van der Waals surface area contributed by atoms with Crippen LogP contribution in [0.1, 0.15) is 12.5 Å². The first-order chi connectivity index (χ1) is 16.6. The van der Waals surface area contributed by atoms with Gasteiger partial charge in [-0.25, -0.2) is 14.8 Å². The molecule has 11 heteroatoms. The van der Waals surface area contributed by atoms with Crippen LogP contribution in [0.15, 0.2) is 55.0 Å². The maximum atomic E-state index is 12.0. The molecule has 0 bridgehead atoms. The largest absolute Gasteiger partial charge is 0.491 e. The minimum atomic E-state index is -0.363. The molecule has 0 spiro atoms. The number of hydrogen-bond donors (Lipinski definition) is 2. The Kier molecular flexibility index (Phi) is 7.55. The van der Waals surface area contributed by atoms with E-state index in [4.69, 9.17) is 9.47 Å². The first-order valence-corrected chi connectivity index (χ1v) is 11.1. The van der Waals surface area contributed by atoms with Gasteiger partial charge in [-0.3, -0.25) is 19.3 Å². The van der Waals surface area contributed by atoms with Crippen molar-refractivity contribution in [2.75, 3.05) is 32.2 Å². The van der Waals surface area contributed by atoms with E-state index < -0.39 is 0 Å². The number of aromatic nitrogens is 5. The summed E-state index contributed by atoms with van der Waals surface area (Å²) in [6.07, 6.45) is 5.33. The van der Waals surface area contributed by atoms with Gasteiger partial charge in [-0.2, -0.15) is 5.10 Å². The number of nitrogens with one attached hydrogen (secondary N) is 1. The molecule has 0 radical (unpaired) electrons. The van der Waals surface area contributed by atoms with E-state index in [2.05, 4.69) is 38.2 Å². The Labute approximate surface area is 202 Å². The van der Waals surface area contributed by atoms with Crippen molar-refractivity contribution in [2.24, 2.45) is 0 Å². The van der Waals surface area contributed by atoms with Crippen molar-refractivity contribution in [1.82, 2.24) is 29.0 Å². The van der Waals surface area contributed by atoms with Crippen molar-refractivity contribution >= 4 is 35.8 Å². The van der Waals surface area contributed by atoms with E-state index in [-0.39, 0.29) is 6.03 Å². The Bertz CT molecular complexity index is 1260. The average molecular weight is 480 g/mol. The maximum absolute atomic E-state index is 12.0. The highest BCUT2D eigenvalue weighted by atomic mass is 32.1. The summed E-state index contributed by atoms with van der Waals surface area (Å²) in [5, 5.41) is 7.14. The molecule has 0 aliphatic rings. The lowest BCUT2D eigenvalue weighted by Crippen LogP contribution is -2.27. The van der Waals surface area contributed by atoms with Crippen LogP contribution in [0.25, 0.3) is 22.4 Å². The quantitative estimate of drug-likeness (QED) is 0.279. The molecular formula is C23H25N7O3S. The molecule has 0 atom stereocenters. The second kappa shape index (κ2) is 10.9. The van der Waals surface area contributed by atoms with Gasteiger partial charge in [0.05, 0.1) is 31.2 Å². The molecule has 1 N–H and O–H groups in total. The second-order valence-corrected chi connectivity index (χ2v) is 7.84. The van der Waals surface area contributed by atoms with Gasteiger partial charge in [0, 0.05) is 25.4 Å². The molecule has 176 valence electrons. The number of benzene rings is 1. The number of thiol groups is 1. The third-order valence-electron chi connectivity index (χ3n) is 4.93. The lowest BCUT2D eigenvalue weighted by Gasteiger charge is -2.13. The number of amides is 2. The highest BCUT2D eigenvalue weighted by Gasteiger charge is 2.11. The van der Waals surface area contributed by atoms with Crippen LogP contribution in [0.3, 0.4) is 0 Å². The zero-order chi connectivity index (χ0) is 23.9. The summed E-state index contributed by atoms with van der Waals surface area (Å²) in [5.41, 5.74) is 3.60. The van der Waals surface area contributed by atoms with Gasteiger partial charge in [0.1, 0.15) is 23.7 Å². The van der Waals surface area contributed by atoms with Crippen LogP contribution in [0, 0.1) is 0 Å². The van der Waals surface area contributed by atoms with E-state index in [1.807, 2.05) is 42.1 Å². The SMILES string of the molecule is CCN(S)C(=O)Nc1ccc2ncc(-c3cnn(Cc4ccc(OCCOC)cc4)c3)nc2n1. The van der Waals surface area contributed by atoms with Crippen molar-refractivity contribution in [1.29, 1.82) is 0 Å². The lowest BCUT2D eigenvalue weighted by atomic mass is 10.2. The molecule has 0 saturated heterocycles. The summed E-state index contributed by atoms with van der Waals surface area (Å²) < 4.78 is 13.7. The minimum absolute atomic E-state index is 0.363. The second-order valence-electron chi connectivity index (χ2n) is 7.35. The van der Waals surface area contributed by atoms with Crippen molar-refractivity contribution in [3.05, 3.63) is 60.6 Å². The Morgan fingerprint density at radius 2 is 1.94 bits per heavy atom. The molecule has 0 saturated carbocycles. The summed E-state index contributed by atoms with van der Waals surface area (Å²) >= 11 is 4.10. The number of methoxy groups -OCH3 is 1. The number of anilines is 1. The van der Waals surface area contributed by atoms with Crippen molar-refractivity contribution in [3.63, 3.8) is 0 Å². The Balaban J connectivity index is 1.46. The molecule has 3 heterocycles. The standard InChI is InChI=1S/C23H25N7O3S/c1-3-30(34)23(31)28-21-9-8-19-22(27-21)26-20(13-24-19)17-12-25-29(15-17)14-16-4-6-18(7-5-16)33-11-10-32-2/h4-9,12-13,15,34H,3,10-11,14H2,1-2H3,(H,26,27,28,31). The van der Waals surface area contributed by atoms with Crippen LogP contribution in [-0.2, 0) is 11.3 Å². The third-order valence-corrected chi connectivity index (χ3v) is 5.39. The summed E-state index contributed by atoms with van der Waals surface area (Å²) in [6, 6.07) is 10.9. The lowest BCUT2D eigenvalue weighted by molar-refractivity contribution is 0.146.